The van der Waals surface area contributed by atoms with E-state index < -0.39 is 6.10 Å². The van der Waals surface area contributed by atoms with Gasteiger partial charge >= 0.3 is 0 Å². The Morgan fingerprint density at radius 1 is 1.24 bits per heavy atom. The molecular weight excluding hydrogens is 322 g/mol. The number of carbonyl (C=O) groups excluding carboxylic acids is 2. The van der Waals surface area contributed by atoms with Crippen molar-refractivity contribution in [2.24, 2.45) is 0 Å². The van der Waals surface area contributed by atoms with Crippen molar-refractivity contribution in [1.82, 2.24) is 9.78 Å². The zero-order chi connectivity index (χ0) is 18.6. The maximum Gasteiger partial charge on any atom is 0.221 e. The summed E-state index contributed by atoms with van der Waals surface area (Å²) in [7, 11) is 0. The number of nitrogens with one attached hydrogen (secondary N) is 1. The number of carbonyl (C=O) groups is 2. The molecule has 1 amide bonds. The van der Waals surface area contributed by atoms with Gasteiger partial charge in [0, 0.05) is 18.3 Å². The molecule has 0 fully saturated rings. The number of Topliss-reactive ketones (excluding diaryl/α,β-unsaturated/α-hetero) is 1. The first-order valence-corrected chi connectivity index (χ1v) is 8.01. The van der Waals surface area contributed by atoms with E-state index in [1.54, 1.807) is 35.9 Å². The van der Waals surface area contributed by atoms with Gasteiger partial charge in [0.05, 0.1) is 17.8 Å². The molecule has 0 bridgehead atoms. The van der Waals surface area contributed by atoms with Crippen LogP contribution in [0.15, 0.2) is 24.3 Å². The Labute approximate surface area is 146 Å². The van der Waals surface area contributed by atoms with Gasteiger partial charge in [0.2, 0.25) is 5.91 Å². The number of benzene rings is 1. The summed E-state index contributed by atoms with van der Waals surface area (Å²) in [5.41, 5.74) is 2.68. The van der Waals surface area contributed by atoms with Gasteiger partial charge in [-0.15, -0.1) is 0 Å². The molecule has 0 aliphatic rings. The smallest absolute Gasteiger partial charge is 0.221 e. The predicted octanol–water partition coefficient (Wildman–Crippen LogP) is 2.10. The van der Waals surface area contributed by atoms with E-state index in [9.17, 15) is 14.7 Å². The summed E-state index contributed by atoms with van der Waals surface area (Å²) in [4.78, 5) is 22.6. The van der Waals surface area contributed by atoms with Gasteiger partial charge in [-0.05, 0) is 45.0 Å². The summed E-state index contributed by atoms with van der Waals surface area (Å²) in [5.74, 6) is 0.413. The lowest BCUT2D eigenvalue weighted by Crippen LogP contribution is -2.25. The Morgan fingerprint density at radius 3 is 2.40 bits per heavy atom. The number of aromatic nitrogens is 2. The van der Waals surface area contributed by atoms with Crippen LogP contribution in [0.5, 0.6) is 5.75 Å². The van der Waals surface area contributed by atoms with Crippen molar-refractivity contribution in [2.75, 3.05) is 11.9 Å². The van der Waals surface area contributed by atoms with Gasteiger partial charge < -0.3 is 15.2 Å². The molecule has 0 aliphatic heterocycles. The van der Waals surface area contributed by atoms with Gasteiger partial charge in [-0.2, -0.15) is 5.10 Å². The number of aliphatic hydroxyl groups is 1. The SMILES string of the molecule is CC(=O)Nc1ccc(OC[C@H](O)Cn2nc(C)c(C(C)=O)c2C)cc1. The maximum absolute atomic E-state index is 11.6. The number of aryl methyl sites for hydroxylation is 1. The lowest BCUT2D eigenvalue weighted by atomic mass is 10.1. The highest BCUT2D eigenvalue weighted by atomic mass is 16.5. The number of rotatable bonds is 7. The average molecular weight is 345 g/mol. The number of aliphatic hydroxyl groups excluding tert-OH is 1. The van der Waals surface area contributed by atoms with Crippen LogP contribution in [0.25, 0.3) is 0 Å². The largest absolute Gasteiger partial charge is 0.491 e. The van der Waals surface area contributed by atoms with Crippen LogP contribution in [-0.2, 0) is 11.3 Å². The first kappa shape index (κ1) is 18.7. The third kappa shape index (κ3) is 4.90. The fourth-order valence-corrected chi connectivity index (χ4v) is 2.67. The second-order valence-corrected chi connectivity index (χ2v) is 5.95. The molecule has 0 radical (unpaired) electrons. The van der Waals surface area contributed by atoms with Gasteiger partial charge in [0.25, 0.3) is 0 Å². The standard InChI is InChI=1S/C18H23N3O4/c1-11-18(13(3)22)12(2)21(20-11)9-16(24)10-25-17-7-5-15(6-8-17)19-14(4)23/h5-8,16,24H,9-10H2,1-4H3,(H,19,23)/t16-/m1/s1. The highest BCUT2D eigenvalue weighted by Gasteiger charge is 2.17. The van der Waals surface area contributed by atoms with Crippen molar-refractivity contribution in [2.45, 2.75) is 40.3 Å². The van der Waals surface area contributed by atoms with Gasteiger partial charge in [0.1, 0.15) is 18.5 Å². The molecule has 7 nitrogen and oxygen atoms in total. The zero-order valence-electron chi connectivity index (χ0n) is 14.9. The van der Waals surface area contributed by atoms with Crippen molar-refractivity contribution < 1.29 is 19.4 Å². The highest BCUT2D eigenvalue weighted by Crippen LogP contribution is 2.17. The Bertz CT molecular complexity index is 765. The van der Waals surface area contributed by atoms with Crippen molar-refractivity contribution in [3.63, 3.8) is 0 Å². The maximum atomic E-state index is 11.6. The van der Waals surface area contributed by atoms with Crippen LogP contribution in [-0.4, -0.2) is 39.3 Å². The number of hydrogen-bond donors (Lipinski definition) is 2. The van der Waals surface area contributed by atoms with Gasteiger partial charge in [0.15, 0.2) is 5.78 Å². The summed E-state index contributed by atoms with van der Waals surface area (Å²) >= 11 is 0. The summed E-state index contributed by atoms with van der Waals surface area (Å²) in [6, 6.07) is 6.89. The second-order valence-electron chi connectivity index (χ2n) is 5.95. The summed E-state index contributed by atoms with van der Waals surface area (Å²) < 4.78 is 7.18. The number of amides is 1. The van der Waals surface area contributed by atoms with Crippen LogP contribution < -0.4 is 10.1 Å². The monoisotopic (exact) mass is 345 g/mol. The Hall–Kier alpha value is -2.67. The number of nitrogens with zero attached hydrogens (tertiary/aromatic N) is 2. The van der Waals surface area contributed by atoms with Crippen molar-refractivity contribution >= 4 is 17.4 Å². The van der Waals surface area contributed by atoms with Crippen LogP contribution in [0.4, 0.5) is 5.69 Å². The Kier molecular flexibility index (Phi) is 5.93. The first-order chi connectivity index (χ1) is 11.8. The Balaban J connectivity index is 1.93. The Morgan fingerprint density at radius 2 is 1.88 bits per heavy atom. The van der Waals surface area contributed by atoms with Crippen molar-refractivity contribution in [3.8, 4) is 5.75 Å². The molecule has 1 atom stereocenters. The summed E-state index contributed by atoms with van der Waals surface area (Å²) in [6.07, 6.45) is -0.771. The van der Waals surface area contributed by atoms with Crippen molar-refractivity contribution in [3.05, 3.63) is 41.2 Å². The molecule has 25 heavy (non-hydrogen) atoms. The van der Waals surface area contributed by atoms with E-state index in [2.05, 4.69) is 10.4 Å². The molecular formula is C18H23N3O4. The van der Waals surface area contributed by atoms with Crippen LogP contribution in [0.2, 0.25) is 0 Å². The van der Waals surface area contributed by atoms with E-state index >= 15 is 0 Å². The van der Waals surface area contributed by atoms with Gasteiger partial charge in [-0.3, -0.25) is 14.3 Å². The molecule has 0 unspecified atom stereocenters. The average Bonchev–Trinajstić information content (AvgIpc) is 2.80. The molecule has 7 heteroatoms. The van der Waals surface area contributed by atoms with Gasteiger partial charge in [-0.1, -0.05) is 0 Å². The normalized spacial score (nSPS) is 11.9. The lowest BCUT2D eigenvalue weighted by molar-refractivity contribution is -0.114. The minimum Gasteiger partial charge on any atom is -0.491 e. The minimum absolute atomic E-state index is 0.0359. The number of hydrogen-bond acceptors (Lipinski definition) is 5. The highest BCUT2D eigenvalue weighted by molar-refractivity contribution is 5.96. The van der Waals surface area contributed by atoms with Crippen LogP contribution >= 0.6 is 0 Å². The third-order valence-electron chi connectivity index (χ3n) is 3.73. The minimum atomic E-state index is -0.771. The molecule has 2 aromatic rings. The summed E-state index contributed by atoms with van der Waals surface area (Å²) in [5, 5.41) is 17.1. The van der Waals surface area contributed by atoms with E-state index in [-0.39, 0.29) is 24.8 Å². The molecule has 1 aromatic carbocycles. The zero-order valence-corrected chi connectivity index (χ0v) is 14.9. The van der Waals surface area contributed by atoms with Crippen molar-refractivity contribution in [1.29, 1.82) is 0 Å². The second kappa shape index (κ2) is 7.94. The van der Waals surface area contributed by atoms with Crippen LogP contribution in [0.1, 0.15) is 35.6 Å². The molecule has 0 saturated heterocycles. The predicted molar refractivity (Wildman–Crippen MR) is 94.0 cm³/mol. The number of ether oxygens (including phenoxy) is 1. The van der Waals surface area contributed by atoms with E-state index in [4.69, 9.17) is 4.74 Å². The third-order valence-corrected chi connectivity index (χ3v) is 3.73. The topological polar surface area (TPSA) is 93.4 Å². The molecule has 1 aromatic heterocycles. The molecule has 1 heterocycles. The fraction of sp³-hybridized carbons (Fsp3) is 0.389. The number of ketones is 1. The van der Waals surface area contributed by atoms with Crippen LogP contribution in [0.3, 0.4) is 0 Å². The van der Waals surface area contributed by atoms with E-state index in [1.165, 1.54) is 13.8 Å². The lowest BCUT2D eigenvalue weighted by Gasteiger charge is -2.14. The molecule has 2 N–H and O–H groups in total. The quantitative estimate of drug-likeness (QED) is 0.750. The fourth-order valence-electron chi connectivity index (χ4n) is 2.67. The molecule has 0 spiro atoms. The molecule has 134 valence electrons. The van der Waals surface area contributed by atoms with E-state index in [0.717, 1.165) is 5.69 Å². The van der Waals surface area contributed by atoms with E-state index in [0.29, 0.717) is 22.7 Å². The van der Waals surface area contributed by atoms with E-state index in [1.807, 2.05) is 6.92 Å². The summed E-state index contributed by atoms with van der Waals surface area (Å²) in [6.45, 7) is 6.87. The molecule has 2 rings (SSSR count). The molecule has 0 saturated carbocycles. The van der Waals surface area contributed by atoms with Gasteiger partial charge in [-0.25, -0.2) is 0 Å². The van der Waals surface area contributed by atoms with Crippen LogP contribution in [0, 0.1) is 13.8 Å². The number of anilines is 1. The molecule has 0 aliphatic carbocycles. The first-order valence-electron chi connectivity index (χ1n) is 8.01.